The number of hydrogen-bond donors (Lipinski definition) is 0. The van der Waals surface area contributed by atoms with E-state index in [2.05, 4.69) is 37.6 Å². The summed E-state index contributed by atoms with van der Waals surface area (Å²) < 4.78 is 3.35. The molecule has 0 amide bonds. The Hall–Kier alpha value is -1.16. The van der Waals surface area contributed by atoms with Crippen molar-refractivity contribution < 1.29 is 0 Å². The van der Waals surface area contributed by atoms with Crippen LogP contribution in [0.5, 0.6) is 0 Å². The molecule has 0 saturated heterocycles. The molecule has 4 heteroatoms. The Bertz CT molecular complexity index is 665. The van der Waals surface area contributed by atoms with Crippen LogP contribution in [0, 0.1) is 0 Å². The van der Waals surface area contributed by atoms with Gasteiger partial charge in [-0.15, -0.1) is 0 Å². The Morgan fingerprint density at radius 3 is 2.89 bits per heavy atom. The summed E-state index contributed by atoms with van der Waals surface area (Å²) in [5, 5.41) is 0. The van der Waals surface area contributed by atoms with Crippen LogP contribution in [-0.4, -0.2) is 14.4 Å². The molecule has 2 heterocycles. The topological polar surface area (TPSA) is 30.2 Å². The molecule has 0 unspecified atom stereocenters. The van der Waals surface area contributed by atoms with E-state index in [1.165, 1.54) is 43.5 Å². The molecule has 4 rings (SSSR count). The molecule has 0 aliphatic heterocycles. The molecule has 3 nitrogen and oxygen atoms in total. The van der Waals surface area contributed by atoms with Gasteiger partial charge in [-0.25, -0.2) is 4.98 Å². The second kappa shape index (κ2) is 4.44. The van der Waals surface area contributed by atoms with E-state index in [1.807, 2.05) is 6.20 Å². The lowest BCUT2D eigenvalue weighted by Crippen LogP contribution is -2.04. The third-order valence-electron chi connectivity index (χ3n) is 4.33. The minimum Gasteiger partial charge on any atom is -0.296 e. The molecule has 2 aliphatic rings. The summed E-state index contributed by atoms with van der Waals surface area (Å²) in [6.45, 7) is 0. The third kappa shape index (κ3) is 1.84. The van der Waals surface area contributed by atoms with Gasteiger partial charge >= 0.3 is 0 Å². The molecule has 2 aromatic heterocycles. The van der Waals surface area contributed by atoms with Crippen molar-refractivity contribution in [3.05, 3.63) is 35.6 Å². The quantitative estimate of drug-likeness (QED) is 0.793. The Morgan fingerprint density at radius 1 is 1.21 bits per heavy atom. The van der Waals surface area contributed by atoms with E-state index in [-0.39, 0.29) is 0 Å². The first-order valence-electron chi connectivity index (χ1n) is 7.06. The van der Waals surface area contributed by atoms with Crippen LogP contribution in [0.3, 0.4) is 0 Å². The molecular formula is C15H16BrN3. The van der Waals surface area contributed by atoms with Gasteiger partial charge in [-0.3, -0.25) is 9.38 Å². The number of fused-ring (bicyclic) bond motifs is 3. The van der Waals surface area contributed by atoms with E-state index >= 15 is 0 Å². The monoisotopic (exact) mass is 317 g/mol. The molecule has 2 aliphatic carbocycles. The number of halogens is 1. The van der Waals surface area contributed by atoms with E-state index in [4.69, 9.17) is 4.98 Å². The van der Waals surface area contributed by atoms with Crippen LogP contribution in [-0.2, 0) is 6.42 Å². The van der Waals surface area contributed by atoms with Crippen LogP contribution in [0.25, 0.3) is 10.1 Å². The fourth-order valence-electron chi connectivity index (χ4n) is 3.30. The molecule has 98 valence electrons. The number of hydrogen-bond acceptors (Lipinski definition) is 2. The largest absolute Gasteiger partial charge is 0.296 e. The minimum atomic E-state index is 0.647. The molecule has 0 atom stereocenters. The molecule has 0 radical (unpaired) electrons. The van der Waals surface area contributed by atoms with Crippen molar-refractivity contribution in [1.82, 2.24) is 14.4 Å². The van der Waals surface area contributed by atoms with Gasteiger partial charge in [0.2, 0.25) is 0 Å². The Balaban J connectivity index is 1.83. The fourth-order valence-corrected chi connectivity index (χ4v) is 3.88. The number of aromatic nitrogens is 3. The lowest BCUT2D eigenvalue weighted by Gasteiger charge is -2.19. The SMILES string of the molecule is BrC1=CCc2ncc3nc(C4CCCCC4)cn3c21. The van der Waals surface area contributed by atoms with Crippen molar-refractivity contribution in [2.45, 2.75) is 44.4 Å². The molecule has 0 spiro atoms. The molecule has 1 fully saturated rings. The maximum atomic E-state index is 4.80. The van der Waals surface area contributed by atoms with Crippen molar-refractivity contribution in [3.8, 4) is 0 Å². The Kier molecular flexibility index (Phi) is 2.72. The van der Waals surface area contributed by atoms with E-state index in [0.29, 0.717) is 5.92 Å². The van der Waals surface area contributed by atoms with Crippen molar-refractivity contribution in [2.24, 2.45) is 0 Å². The predicted octanol–water partition coefficient (Wildman–Crippen LogP) is 4.07. The first-order valence-corrected chi connectivity index (χ1v) is 7.85. The van der Waals surface area contributed by atoms with Crippen molar-refractivity contribution >= 4 is 26.1 Å². The van der Waals surface area contributed by atoms with Gasteiger partial charge in [0.05, 0.1) is 23.3 Å². The van der Waals surface area contributed by atoms with Gasteiger partial charge < -0.3 is 0 Å². The van der Waals surface area contributed by atoms with Crippen LogP contribution in [0.2, 0.25) is 0 Å². The van der Waals surface area contributed by atoms with Gasteiger partial charge in [-0.2, -0.15) is 0 Å². The second-order valence-electron chi connectivity index (χ2n) is 5.54. The molecule has 0 aromatic carbocycles. The molecule has 1 saturated carbocycles. The molecule has 0 bridgehead atoms. The highest BCUT2D eigenvalue weighted by atomic mass is 79.9. The van der Waals surface area contributed by atoms with E-state index in [0.717, 1.165) is 22.2 Å². The highest BCUT2D eigenvalue weighted by molar-refractivity contribution is 9.15. The van der Waals surface area contributed by atoms with Crippen LogP contribution in [0.15, 0.2) is 18.5 Å². The van der Waals surface area contributed by atoms with Crippen LogP contribution < -0.4 is 0 Å². The maximum absolute atomic E-state index is 4.80. The van der Waals surface area contributed by atoms with Gasteiger partial charge in [-0.05, 0) is 28.8 Å². The predicted molar refractivity (Wildman–Crippen MR) is 79.4 cm³/mol. The number of nitrogens with zero attached hydrogens (tertiary/aromatic N) is 3. The van der Waals surface area contributed by atoms with Crippen LogP contribution in [0.1, 0.15) is 55.1 Å². The first kappa shape index (κ1) is 11.6. The number of allylic oxidation sites excluding steroid dienone is 1. The Labute approximate surface area is 120 Å². The van der Waals surface area contributed by atoms with Crippen molar-refractivity contribution in [2.75, 3.05) is 0 Å². The van der Waals surface area contributed by atoms with Gasteiger partial charge in [0.15, 0.2) is 5.65 Å². The zero-order valence-corrected chi connectivity index (χ0v) is 12.4. The Morgan fingerprint density at radius 2 is 2.05 bits per heavy atom. The van der Waals surface area contributed by atoms with E-state index < -0.39 is 0 Å². The summed E-state index contributed by atoms with van der Waals surface area (Å²) in [5.41, 5.74) is 4.56. The second-order valence-corrected chi connectivity index (χ2v) is 6.39. The maximum Gasteiger partial charge on any atom is 0.156 e. The van der Waals surface area contributed by atoms with Crippen molar-refractivity contribution in [3.63, 3.8) is 0 Å². The molecule has 2 aromatic rings. The highest BCUT2D eigenvalue weighted by Crippen LogP contribution is 2.35. The normalized spacial score (nSPS) is 19.7. The number of imidazole rings is 1. The molecular weight excluding hydrogens is 302 g/mol. The van der Waals surface area contributed by atoms with E-state index in [9.17, 15) is 0 Å². The zero-order valence-electron chi connectivity index (χ0n) is 10.8. The van der Waals surface area contributed by atoms with Crippen LogP contribution in [0.4, 0.5) is 0 Å². The summed E-state index contributed by atoms with van der Waals surface area (Å²) >= 11 is 3.64. The van der Waals surface area contributed by atoms with Gasteiger partial charge in [-0.1, -0.05) is 25.3 Å². The lowest BCUT2D eigenvalue weighted by atomic mass is 9.87. The zero-order chi connectivity index (χ0) is 12.8. The third-order valence-corrected chi connectivity index (χ3v) is 5.03. The summed E-state index contributed by atoms with van der Waals surface area (Å²) in [5.74, 6) is 0.647. The summed E-state index contributed by atoms with van der Waals surface area (Å²) in [6.07, 6.45) is 13.9. The average Bonchev–Trinajstić information content (AvgIpc) is 3.03. The standard InChI is InChI=1S/C15H16BrN3/c16-11-6-7-12-15(11)19-9-13(18-14(19)8-17-12)10-4-2-1-3-5-10/h6,8-10H,1-5,7H2. The fraction of sp³-hybridized carbons (Fsp3) is 0.467. The van der Waals surface area contributed by atoms with Crippen molar-refractivity contribution in [1.29, 1.82) is 0 Å². The van der Waals surface area contributed by atoms with Gasteiger partial charge in [0, 0.05) is 23.0 Å². The molecule has 19 heavy (non-hydrogen) atoms. The first-order chi connectivity index (χ1) is 9.33. The average molecular weight is 318 g/mol. The molecule has 0 N–H and O–H groups in total. The summed E-state index contributed by atoms with van der Waals surface area (Å²) in [6, 6.07) is 0. The summed E-state index contributed by atoms with van der Waals surface area (Å²) in [7, 11) is 0. The van der Waals surface area contributed by atoms with Crippen LogP contribution >= 0.6 is 15.9 Å². The highest BCUT2D eigenvalue weighted by Gasteiger charge is 2.22. The van der Waals surface area contributed by atoms with Gasteiger partial charge in [0.25, 0.3) is 0 Å². The summed E-state index contributed by atoms with van der Waals surface area (Å²) in [4.78, 5) is 9.33. The van der Waals surface area contributed by atoms with E-state index in [1.54, 1.807) is 0 Å². The van der Waals surface area contributed by atoms with Gasteiger partial charge in [0.1, 0.15) is 0 Å². The smallest absolute Gasteiger partial charge is 0.156 e. The minimum absolute atomic E-state index is 0.647. The number of rotatable bonds is 1. The lowest BCUT2D eigenvalue weighted by molar-refractivity contribution is 0.438.